The van der Waals surface area contributed by atoms with Crippen molar-refractivity contribution in [3.05, 3.63) is 90.1 Å². The van der Waals surface area contributed by atoms with Gasteiger partial charge in [0, 0.05) is 32.0 Å². The molecule has 0 radical (unpaired) electrons. The second kappa shape index (κ2) is 16.4. The predicted molar refractivity (Wildman–Crippen MR) is 212 cm³/mol. The number of alkyl carbamates (subject to hydrolysis) is 1. The van der Waals surface area contributed by atoms with Gasteiger partial charge in [-0.1, -0.05) is 60.1 Å². The van der Waals surface area contributed by atoms with Crippen LogP contribution >= 0.6 is 11.6 Å². The average Bonchev–Trinajstić information content (AvgIpc) is 4.10. The van der Waals surface area contributed by atoms with E-state index in [-0.39, 0.29) is 34.8 Å². The number of carbonyl (C=O) groups excluding carboxylic acids is 3. The topological polar surface area (TPSA) is 192 Å². The first-order valence-electron chi connectivity index (χ1n) is 19.2. The first-order chi connectivity index (χ1) is 27.7. The molecule has 5 aromatic rings. The van der Waals surface area contributed by atoms with Crippen molar-refractivity contribution in [1.82, 2.24) is 45.5 Å². The highest BCUT2D eigenvalue weighted by Gasteiger charge is 2.52. The monoisotopic (exact) mass is 792 g/mol. The molecule has 2 aliphatic carbocycles. The Kier molecular flexibility index (Phi) is 10.9. The number of rotatable bonds is 12. The molecule has 3 amide bonds. The first-order valence-corrected chi connectivity index (χ1v) is 19.6. The van der Waals surface area contributed by atoms with Crippen LogP contribution in [0.3, 0.4) is 0 Å². The van der Waals surface area contributed by atoms with Crippen molar-refractivity contribution in [1.29, 1.82) is 0 Å². The van der Waals surface area contributed by atoms with E-state index in [0.717, 1.165) is 71.6 Å². The van der Waals surface area contributed by atoms with Gasteiger partial charge in [0.2, 0.25) is 11.8 Å². The van der Waals surface area contributed by atoms with Crippen molar-refractivity contribution in [3.8, 4) is 33.6 Å². The molecular weight excluding hydrogens is 748 g/mol. The highest BCUT2D eigenvalue weighted by molar-refractivity contribution is 6.31. The summed E-state index contributed by atoms with van der Waals surface area (Å²) in [7, 11) is 2.76. The Hall–Kier alpha value is -5.80. The third kappa shape index (κ3) is 7.68. The van der Waals surface area contributed by atoms with Crippen LogP contribution in [0.4, 0.5) is 10.6 Å². The molecule has 2 saturated carbocycles. The number of H-pyrrole nitrogens is 2. The number of nitrogens with zero attached hydrogens (tertiary/aromatic N) is 5. The second-order valence-electron chi connectivity index (χ2n) is 15.0. The molecule has 3 aliphatic rings. The molecule has 8 rings (SSSR count). The van der Waals surface area contributed by atoms with Gasteiger partial charge in [-0.3, -0.25) is 20.4 Å². The summed E-state index contributed by atoms with van der Waals surface area (Å²) in [6, 6.07) is 15.4. The molecule has 15 nitrogen and oxygen atoms in total. The van der Waals surface area contributed by atoms with Crippen molar-refractivity contribution < 1.29 is 23.9 Å². The third-order valence-corrected chi connectivity index (χ3v) is 12.1. The number of benzene rings is 2. The number of ether oxygens (including phenoxy) is 2. The van der Waals surface area contributed by atoms with Crippen molar-refractivity contribution in [2.75, 3.05) is 26.2 Å². The standard InChI is InChI=1S/C41H45ClN10O5/c1-22(56-2)34(49-41(55)57-3)40(54)52-18-4-5-31(52)36-45-20-29(47-36)25-10-6-23(7-11-25)24-8-12-26(13-9-24)30-21-46-37(48-30)32-27-14-15-28(19-27)33(32)39(53)51-50-38-35(42)43-16-17-44-38/h6-13,16-17,20-22,27-28,31-34H,4-5,14-15,18-19H2,1-3H3,(H,44,50)(H,45,47)(H,46,48)(H,49,55)(H,51,53)/t22-,27?,28?,31+,32?,33+,34+/m1/s1. The maximum absolute atomic E-state index is 13.6. The van der Waals surface area contributed by atoms with Gasteiger partial charge in [-0.25, -0.2) is 24.7 Å². The number of hydrazine groups is 1. The molecule has 16 heteroatoms. The summed E-state index contributed by atoms with van der Waals surface area (Å²) in [6.45, 7) is 2.28. The van der Waals surface area contributed by atoms with E-state index in [4.69, 9.17) is 26.1 Å². The minimum Gasteiger partial charge on any atom is -0.453 e. The highest BCUT2D eigenvalue weighted by atomic mass is 35.5. The maximum atomic E-state index is 13.6. The van der Waals surface area contributed by atoms with E-state index < -0.39 is 18.2 Å². The molecule has 3 unspecified atom stereocenters. The molecule has 3 fully saturated rings. The number of likely N-dealkylation sites (tertiary alicyclic amines) is 1. The van der Waals surface area contributed by atoms with E-state index in [0.29, 0.717) is 30.0 Å². The van der Waals surface area contributed by atoms with Crippen LogP contribution in [0.2, 0.25) is 5.15 Å². The average molecular weight is 793 g/mol. The van der Waals surface area contributed by atoms with Gasteiger partial charge in [0.05, 0.1) is 49.0 Å². The number of aromatic nitrogens is 6. The molecule has 1 saturated heterocycles. The van der Waals surface area contributed by atoms with E-state index in [1.807, 2.05) is 6.20 Å². The van der Waals surface area contributed by atoms with Crippen molar-refractivity contribution in [3.63, 3.8) is 0 Å². The Balaban J connectivity index is 0.918. The fraction of sp³-hybridized carbons (Fsp3) is 0.390. The molecule has 1 aliphatic heterocycles. The van der Waals surface area contributed by atoms with E-state index in [1.54, 1.807) is 18.0 Å². The molecule has 0 spiro atoms. The summed E-state index contributed by atoms with van der Waals surface area (Å²) < 4.78 is 10.1. The predicted octanol–water partition coefficient (Wildman–Crippen LogP) is 6.27. The van der Waals surface area contributed by atoms with Crippen LogP contribution < -0.4 is 16.2 Å². The van der Waals surface area contributed by atoms with Crippen LogP contribution in [0.25, 0.3) is 33.6 Å². The number of amides is 3. The summed E-state index contributed by atoms with van der Waals surface area (Å²) in [6.07, 6.45) is 10.1. The summed E-state index contributed by atoms with van der Waals surface area (Å²) in [5, 5.41) is 2.81. The van der Waals surface area contributed by atoms with Gasteiger partial charge in [-0.05, 0) is 73.1 Å². The number of anilines is 1. The second-order valence-corrected chi connectivity index (χ2v) is 15.3. The van der Waals surface area contributed by atoms with Crippen molar-refractivity contribution >= 4 is 35.3 Å². The number of hydrogen-bond donors (Lipinski definition) is 5. The van der Waals surface area contributed by atoms with E-state index in [9.17, 15) is 14.4 Å². The smallest absolute Gasteiger partial charge is 0.407 e. The van der Waals surface area contributed by atoms with Crippen molar-refractivity contribution in [2.24, 2.45) is 17.8 Å². The van der Waals surface area contributed by atoms with Crippen LogP contribution in [0.1, 0.15) is 62.6 Å². The lowest BCUT2D eigenvalue weighted by Gasteiger charge is -2.30. The van der Waals surface area contributed by atoms with Gasteiger partial charge < -0.3 is 29.7 Å². The number of fused-ring (bicyclic) bond motifs is 2. The molecule has 2 bridgehead atoms. The number of carbonyl (C=O) groups is 3. The van der Waals surface area contributed by atoms with Crippen LogP contribution in [0, 0.1) is 17.8 Å². The number of methoxy groups -OCH3 is 2. The fourth-order valence-corrected chi connectivity index (χ4v) is 9.01. The van der Waals surface area contributed by atoms with Gasteiger partial charge in [0.15, 0.2) is 11.0 Å². The molecule has 57 heavy (non-hydrogen) atoms. The van der Waals surface area contributed by atoms with E-state index >= 15 is 0 Å². The molecule has 3 aromatic heterocycles. The molecule has 4 heterocycles. The SMILES string of the molecule is COC(=O)N[C@H](C(=O)N1CCC[C@H]1c1ncc(-c2ccc(-c3ccc(-c4cnc(C5C6CCC(C6)[C@@H]5C(=O)NNc5nccnc5Cl)[nH]4)cc3)cc2)[nH]1)[C@@H](C)OC. The largest absolute Gasteiger partial charge is 0.453 e. The van der Waals surface area contributed by atoms with Gasteiger partial charge >= 0.3 is 6.09 Å². The number of imidazole rings is 2. The lowest BCUT2D eigenvalue weighted by Crippen LogP contribution is -2.54. The highest BCUT2D eigenvalue weighted by Crippen LogP contribution is 2.56. The first kappa shape index (κ1) is 38.1. The number of hydrogen-bond acceptors (Lipinski definition) is 10. The van der Waals surface area contributed by atoms with Crippen LogP contribution in [-0.2, 0) is 19.1 Å². The van der Waals surface area contributed by atoms with E-state index in [2.05, 4.69) is 89.6 Å². The van der Waals surface area contributed by atoms with Gasteiger partial charge in [0.1, 0.15) is 17.7 Å². The lowest BCUT2D eigenvalue weighted by atomic mass is 9.78. The van der Waals surface area contributed by atoms with E-state index in [1.165, 1.54) is 26.6 Å². The van der Waals surface area contributed by atoms with Crippen LogP contribution in [-0.4, -0.2) is 85.6 Å². The zero-order valence-electron chi connectivity index (χ0n) is 31.9. The summed E-state index contributed by atoms with van der Waals surface area (Å²) in [5.74, 6) is 1.96. The Morgan fingerprint density at radius 3 is 2.09 bits per heavy atom. The Morgan fingerprint density at radius 2 is 1.44 bits per heavy atom. The normalized spacial score (nSPS) is 22.2. The Labute approximate surface area is 334 Å². The number of halogens is 1. The number of nitrogens with one attached hydrogen (secondary N) is 5. The molecule has 296 valence electrons. The maximum Gasteiger partial charge on any atom is 0.407 e. The summed E-state index contributed by atoms with van der Waals surface area (Å²) in [5.41, 5.74) is 11.5. The van der Waals surface area contributed by atoms with Gasteiger partial charge in [-0.15, -0.1) is 0 Å². The quantitative estimate of drug-likeness (QED) is 0.0900. The van der Waals surface area contributed by atoms with Gasteiger partial charge in [0.25, 0.3) is 0 Å². The minimum absolute atomic E-state index is 0.00707. The fourth-order valence-electron chi connectivity index (χ4n) is 8.86. The van der Waals surface area contributed by atoms with Gasteiger partial charge in [-0.2, -0.15) is 0 Å². The molecule has 2 aromatic carbocycles. The zero-order chi connectivity index (χ0) is 39.6. The number of aromatic amines is 2. The lowest BCUT2D eigenvalue weighted by molar-refractivity contribution is -0.137. The molecular formula is C41H45ClN10O5. The zero-order valence-corrected chi connectivity index (χ0v) is 32.6. The summed E-state index contributed by atoms with van der Waals surface area (Å²) >= 11 is 6.12. The van der Waals surface area contributed by atoms with Crippen molar-refractivity contribution in [2.45, 2.75) is 63.1 Å². The Bertz CT molecular complexity index is 2230. The van der Waals surface area contributed by atoms with Crippen LogP contribution in [0.15, 0.2) is 73.3 Å². The van der Waals surface area contributed by atoms with Crippen LogP contribution in [0.5, 0.6) is 0 Å². The minimum atomic E-state index is -0.892. The third-order valence-electron chi connectivity index (χ3n) is 11.8. The molecule has 7 atom stereocenters. The summed E-state index contributed by atoms with van der Waals surface area (Å²) in [4.78, 5) is 65.5. The Morgan fingerprint density at radius 1 is 0.825 bits per heavy atom. The molecule has 5 N–H and O–H groups in total.